The van der Waals surface area contributed by atoms with Crippen molar-refractivity contribution < 1.29 is 4.74 Å². The zero-order valence-corrected chi connectivity index (χ0v) is 15.5. The summed E-state index contributed by atoms with van der Waals surface area (Å²) in [6, 6.07) is 9.15. The second kappa shape index (κ2) is 6.96. The summed E-state index contributed by atoms with van der Waals surface area (Å²) in [5, 5.41) is 8.16. The SMILES string of the molecule is Cc1nccn1-c1ccc(C(C)Nc2cnn(C3CCOC3)c2C)cc1. The van der Waals surface area contributed by atoms with Crippen LogP contribution in [0.4, 0.5) is 5.69 Å². The molecular weight excluding hydrogens is 326 g/mol. The summed E-state index contributed by atoms with van der Waals surface area (Å²) < 4.78 is 9.66. The van der Waals surface area contributed by atoms with Crippen molar-refractivity contribution in [2.45, 2.75) is 39.3 Å². The number of imidazole rings is 1. The summed E-state index contributed by atoms with van der Waals surface area (Å²) >= 11 is 0. The molecule has 1 aliphatic rings. The van der Waals surface area contributed by atoms with E-state index in [2.05, 4.69) is 62.8 Å². The van der Waals surface area contributed by atoms with Gasteiger partial charge in [0.15, 0.2) is 0 Å². The Kier molecular flexibility index (Phi) is 4.51. The van der Waals surface area contributed by atoms with Crippen LogP contribution in [0.2, 0.25) is 0 Å². The summed E-state index contributed by atoms with van der Waals surface area (Å²) in [7, 11) is 0. The van der Waals surface area contributed by atoms with Crippen molar-refractivity contribution in [2.75, 3.05) is 18.5 Å². The number of rotatable bonds is 5. The Labute approximate surface area is 153 Å². The number of aryl methyl sites for hydroxylation is 1. The van der Waals surface area contributed by atoms with Gasteiger partial charge in [-0.15, -0.1) is 0 Å². The molecule has 4 rings (SSSR count). The second-order valence-corrected chi connectivity index (χ2v) is 6.91. The van der Waals surface area contributed by atoms with Gasteiger partial charge in [0.05, 0.1) is 30.2 Å². The lowest BCUT2D eigenvalue weighted by molar-refractivity contribution is 0.184. The number of ether oxygens (including phenoxy) is 1. The average molecular weight is 351 g/mol. The van der Waals surface area contributed by atoms with Gasteiger partial charge in [0.25, 0.3) is 0 Å². The number of aromatic nitrogens is 4. The standard InChI is InChI=1S/C20H25N5O/c1-14(17-4-6-18(7-5-17)24-10-9-21-16(24)3)23-20-12-22-25(15(20)2)19-8-11-26-13-19/h4-7,9-10,12,14,19,23H,8,11,13H2,1-3H3. The van der Waals surface area contributed by atoms with Crippen LogP contribution in [0.15, 0.2) is 42.9 Å². The van der Waals surface area contributed by atoms with Gasteiger partial charge in [0.2, 0.25) is 0 Å². The number of anilines is 1. The van der Waals surface area contributed by atoms with E-state index in [1.807, 2.05) is 25.5 Å². The number of nitrogens with one attached hydrogen (secondary N) is 1. The van der Waals surface area contributed by atoms with Crippen LogP contribution in [0.25, 0.3) is 5.69 Å². The fourth-order valence-corrected chi connectivity index (χ4v) is 3.54. The number of benzene rings is 1. The maximum atomic E-state index is 5.49. The summed E-state index contributed by atoms with van der Waals surface area (Å²) in [6.07, 6.45) is 6.76. The predicted octanol–water partition coefficient (Wildman–Crippen LogP) is 3.82. The normalized spacial score (nSPS) is 18.2. The van der Waals surface area contributed by atoms with E-state index in [9.17, 15) is 0 Å². The number of hydrogen-bond acceptors (Lipinski definition) is 4. The highest BCUT2D eigenvalue weighted by molar-refractivity contribution is 5.49. The highest BCUT2D eigenvalue weighted by atomic mass is 16.5. The summed E-state index contributed by atoms with van der Waals surface area (Å²) in [5.74, 6) is 0.989. The number of hydrogen-bond donors (Lipinski definition) is 1. The van der Waals surface area contributed by atoms with Gasteiger partial charge in [-0.1, -0.05) is 12.1 Å². The van der Waals surface area contributed by atoms with Gasteiger partial charge in [-0.3, -0.25) is 4.68 Å². The molecule has 1 N–H and O–H groups in total. The fraction of sp³-hybridized carbons (Fsp3) is 0.400. The molecule has 2 aromatic heterocycles. The van der Waals surface area contributed by atoms with Gasteiger partial charge < -0.3 is 14.6 Å². The largest absolute Gasteiger partial charge is 0.379 e. The van der Waals surface area contributed by atoms with Crippen LogP contribution in [0.3, 0.4) is 0 Å². The van der Waals surface area contributed by atoms with Gasteiger partial charge in [0, 0.05) is 30.7 Å². The lowest BCUT2D eigenvalue weighted by Gasteiger charge is -2.17. The first-order valence-corrected chi connectivity index (χ1v) is 9.12. The molecular formula is C20H25N5O. The molecule has 0 saturated carbocycles. The molecule has 6 nitrogen and oxygen atoms in total. The maximum absolute atomic E-state index is 5.49. The molecule has 0 bridgehead atoms. The van der Waals surface area contributed by atoms with Gasteiger partial charge in [-0.2, -0.15) is 5.10 Å². The van der Waals surface area contributed by atoms with Crippen molar-refractivity contribution in [1.82, 2.24) is 19.3 Å². The van der Waals surface area contributed by atoms with Crippen LogP contribution in [0.1, 0.15) is 42.5 Å². The van der Waals surface area contributed by atoms with E-state index in [-0.39, 0.29) is 6.04 Å². The molecule has 3 heterocycles. The molecule has 1 saturated heterocycles. The van der Waals surface area contributed by atoms with Crippen molar-refractivity contribution >= 4 is 5.69 Å². The van der Waals surface area contributed by atoms with Crippen LogP contribution in [0.5, 0.6) is 0 Å². The van der Waals surface area contributed by atoms with Gasteiger partial charge in [-0.05, 0) is 44.9 Å². The van der Waals surface area contributed by atoms with E-state index < -0.39 is 0 Å². The Bertz CT molecular complexity index is 874. The molecule has 136 valence electrons. The number of nitrogens with zero attached hydrogens (tertiary/aromatic N) is 4. The molecule has 26 heavy (non-hydrogen) atoms. The minimum absolute atomic E-state index is 0.198. The third-order valence-corrected chi connectivity index (χ3v) is 5.17. The molecule has 6 heteroatoms. The molecule has 2 unspecified atom stereocenters. The van der Waals surface area contributed by atoms with Gasteiger partial charge >= 0.3 is 0 Å². The predicted molar refractivity (Wildman–Crippen MR) is 102 cm³/mol. The summed E-state index contributed by atoms with van der Waals surface area (Å²) in [6.45, 7) is 7.88. The van der Waals surface area contributed by atoms with Crippen molar-refractivity contribution in [2.24, 2.45) is 0 Å². The first-order valence-electron chi connectivity index (χ1n) is 9.12. The van der Waals surface area contributed by atoms with E-state index in [1.165, 1.54) is 5.56 Å². The van der Waals surface area contributed by atoms with Gasteiger partial charge in [0.1, 0.15) is 5.82 Å². The third kappa shape index (κ3) is 3.12. The lowest BCUT2D eigenvalue weighted by atomic mass is 10.1. The van der Waals surface area contributed by atoms with Crippen LogP contribution in [-0.2, 0) is 4.74 Å². The Hall–Kier alpha value is -2.60. The van der Waals surface area contributed by atoms with E-state index in [1.54, 1.807) is 0 Å². The molecule has 1 aliphatic heterocycles. The van der Waals surface area contributed by atoms with E-state index in [4.69, 9.17) is 4.74 Å². The zero-order chi connectivity index (χ0) is 18.1. The van der Waals surface area contributed by atoms with Crippen LogP contribution in [0, 0.1) is 13.8 Å². The monoisotopic (exact) mass is 351 g/mol. The smallest absolute Gasteiger partial charge is 0.110 e. The fourth-order valence-electron chi connectivity index (χ4n) is 3.54. The van der Waals surface area contributed by atoms with Crippen LogP contribution >= 0.6 is 0 Å². The highest BCUT2D eigenvalue weighted by Gasteiger charge is 2.21. The van der Waals surface area contributed by atoms with Crippen molar-refractivity contribution in [3.63, 3.8) is 0 Å². The first kappa shape index (κ1) is 16.8. The third-order valence-electron chi connectivity index (χ3n) is 5.17. The first-order chi connectivity index (χ1) is 12.6. The Balaban J connectivity index is 1.48. The van der Waals surface area contributed by atoms with Gasteiger partial charge in [-0.25, -0.2) is 4.98 Å². The highest BCUT2D eigenvalue weighted by Crippen LogP contribution is 2.27. The molecule has 1 aromatic carbocycles. The zero-order valence-electron chi connectivity index (χ0n) is 15.5. The summed E-state index contributed by atoms with van der Waals surface area (Å²) in [4.78, 5) is 4.28. The molecule has 2 atom stereocenters. The van der Waals surface area contributed by atoms with Crippen molar-refractivity contribution in [3.05, 3.63) is 59.9 Å². The Morgan fingerprint density at radius 1 is 1.23 bits per heavy atom. The second-order valence-electron chi connectivity index (χ2n) is 6.91. The van der Waals surface area contributed by atoms with E-state index in [0.29, 0.717) is 6.04 Å². The van der Waals surface area contributed by atoms with Crippen molar-refractivity contribution in [3.8, 4) is 5.69 Å². The Morgan fingerprint density at radius 2 is 2.04 bits per heavy atom. The topological polar surface area (TPSA) is 56.9 Å². The minimum Gasteiger partial charge on any atom is -0.379 e. The molecule has 0 amide bonds. The maximum Gasteiger partial charge on any atom is 0.110 e. The minimum atomic E-state index is 0.198. The quantitative estimate of drug-likeness (QED) is 0.759. The molecule has 3 aromatic rings. The molecule has 0 spiro atoms. The van der Waals surface area contributed by atoms with E-state index in [0.717, 1.165) is 42.5 Å². The van der Waals surface area contributed by atoms with Crippen LogP contribution < -0.4 is 5.32 Å². The molecule has 0 aliphatic carbocycles. The van der Waals surface area contributed by atoms with E-state index >= 15 is 0 Å². The molecule has 1 fully saturated rings. The lowest BCUT2D eigenvalue weighted by Crippen LogP contribution is -2.13. The summed E-state index contributed by atoms with van der Waals surface area (Å²) in [5.41, 5.74) is 4.61. The van der Waals surface area contributed by atoms with Crippen LogP contribution in [-0.4, -0.2) is 32.5 Å². The average Bonchev–Trinajstić information content (AvgIpc) is 3.38. The Morgan fingerprint density at radius 3 is 2.69 bits per heavy atom. The molecule has 0 radical (unpaired) electrons. The van der Waals surface area contributed by atoms with Crippen molar-refractivity contribution in [1.29, 1.82) is 0 Å².